The number of nitrogens with one attached hydrogen (secondary N) is 1. The van der Waals surface area contributed by atoms with Crippen LogP contribution >= 0.6 is 0 Å². The number of hydrogen-bond acceptors (Lipinski definition) is 7. The van der Waals surface area contributed by atoms with Crippen LogP contribution < -0.4 is 19.6 Å². The SMILES string of the molecule is CCOc1cc(C(=O)N/N=C(/C)c2ccc([N+](=O)[O-])cc2)cc(OCC)c1OCC. The van der Waals surface area contributed by atoms with Crippen molar-refractivity contribution in [1.29, 1.82) is 0 Å². The van der Waals surface area contributed by atoms with Crippen molar-refractivity contribution in [3.05, 3.63) is 57.6 Å². The lowest BCUT2D eigenvalue weighted by Gasteiger charge is -2.16. The Labute approximate surface area is 174 Å². The van der Waals surface area contributed by atoms with E-state index in [0.29, 0.717) is 53.9 Å². The first-order chi connectivity index (χ1) is 14.4. The molecule has 9 heteroatoms. The zero-order chi connectivity index (χ0) is 22.1. The van der Waals surface area contributed by atoms with Gasteiger partial charge in [0.15, 0.2) is 11.5 Å². The summed E-state index contributed by atoms with van der Waals surface area (Å²) in [5, 5.41) is 14.8. The number of carbonyl (C=O) groups excluding carboxylic acids is 1. The molecule has 9 nitrogen and oxygen atoms in total. The Morgan fingerprint density at radius 2 is 1.50 bits per heavy atom. The van der Waals surface area contributed by atoms with Gasteiger partial charge in [0.2, 0.25) is 5.75 Å². The van der Waals surface area contributed by atoms with Crippen LogP contribution in [0.1, 0.15) is 43.6 Å². The fourth-order valence-electron chi connectivity index (χ4n) is 2.61. The maximum absolute atomic E-state index is 12.6. The van der Waals surface area contributed by atoms with Gasteiger partial charge in [-0.25, -0.2) is 5.43 Å². The first kappa shape index (κ1) is 22.7. The summed E-state index contributed by atoms with van der Waals surface area (Å²) in [6, 6.07) is 9.05. The smallest absolute Gasteiger partial charge is 0.271 e. The quantitative estimate of drug-likeness (QED) is 0.357. The lowest BCUT2D eigenvalue weighted by atomic mass is 10.1. The van der Waals surface area contributed by atoms with E-state index in [1.54, 1.807) is 31.2 Å². The highest BCUT2D eigenvalue weighted by Gasteiger charge is 2.18. The Morgan fingerprint density at radius 1 is 0.967 bits per heavy atom. The van der Waals surface area contributed by atoms with Gasteiger partial charge in [-0.1, -0.05) is 0 Å². The lowest BCUT2D eigenvalue weighted by Crippen LogP contribution is -2.20. The van der Waals surface area contributed by atoms with Crippen molar-refractivity contribution < 1.29 is 23.9 Å². The van der Waals surface area contributed by atoms with Crippen molar-refractivity contribution in [2.45, 2.75) is 27.7 Å². The standard InChI is InChI=1S/C21H25N3O6/c1-5-28-18-12-16(13-19(29-6-2)20(18)30-7-3)21(25)23-22-14(4)15-8-10-17(11-9-15)24(26)27/h8-13H,5-7H2,1-4H3,(H,23,25)/b22-14-. The molecule has 2 aromatic carbocycles. The normalized spacial score (nSPS) is 11.0. The van der Waals surface area contributed by atoms with E-state index in [1.807, 2.05) is 20.8 Å². The van der Waals surface area contributed by atoms with Crippen molar-refractivity contribution in [3.63, 3.8) is 0 Å². The summed E-state index contributed by atoms with van der Waals surface area (Å²) in [5.74, 6) is 0.808. The van der Waals surface area contributed by atoms with E-state index in [2.05, 4.69) is 10.5 Å². The van der Waals surface area contributed by atoms with Crippen LogP contribution in [0.15, 0.2) is 41.5 Å². The van der Waals surface area contributed by atoms with Gasteiger partial charge in [-0.3, -0.25) is 14.9 Å². The van der Waals surface area contributed by atoms with Crippen LogP contribution in [0.5, 0.6) is 17.2 Å². The zero-order valence-corrected chi connectivity index (χ0v) is 17.4. The lowest BCUT2D eigenvalue weighted by molar-refractivity contribution is -0.384. The predicted molar refractivity (Wildman–Crippen MR) is 113 cm³/mol. The third kappa shape index (κ3) is 5.69. The summed E-state index contributed by atoms with van der Waals surface area (Å²) in [7, 11) is 0. The van der Waals surface area contributed by atoms with Crippen molar-refractivity contribution >= 4 is 17.3 Å². The van der Waals surface area contributed by atoms with Crippen LogP contribution in [0.2, 0.25) is 0 Å². The topological polar surface area (TPSA) is 112 Å². The third-order valence-corrected chi connectivity index (χ3v) is 3.99. The van der Waals surface area contributed by atoms with Crippen molar-refractivity contribution in [2.75, 3.05) is 19.8 Å². The van der Waals surface area contributed by atoms with Crippen LogP contribution in [0.4, 0.5) is 5.69 Å². The Kier molecular flexibility index (Phi) is 8.16. The highest BCUT2D eigenvalue weighted by atomic mass is 16.6. The number of rotatable bonds is 10. The fourth-order valence-corrected chi connectivity index (χ4v) is 2.61. The van der Waals surface area contributed by atoms with Gasteiger partial charge in [0, 0.05) is 17.7 Å². The molecule has 0 aromatic heterocycles. The minimum absolute atomic E-state index is 0.0168. The van der Waals surface area contributed by atoms with Gasteiger partial charge in [0.25, 0.3) is 11.6 Å². The van der Waals surface area contributed by atoms with Gasteiger partial charge < -0.3 is 14.2 Å². The van der Waals surface area contributed by atoms with Gasteiger partial charge in [-0.05, 0) is 57.5 Å². The number of nitrogens with zero attached hydrogens (tertiary/aromatic N) is 2. The van der Waals surface area contributed by atoms with Crippen molar-refractivity contribution in [2.24, 2.45) is 5.10 Å². The van der Waals surface area contributed by atoms with Crippen molar-refractivity contribution in [1.82, 2.24) is 5.43 Å². The highest BCUT2D eigenvalue weighted by Crippen LogP contribution is 2.39. The number of nitro benzene ring substituents is 1. The molecule has 0 atom stereocenters. The van der Waals surface area contributed by atoms with Gasteiger partial charge in [0.05, 0.1) is 30.5 Å². The number of amides is 1. The Bertz CT molecular complexity index is 898. The molecule has 0 bridgehead atoms. The first-order valence-electron chi connectivity index (χ1n) is 9.57. The maximum atomic E-state index is 12.6. The molecular weight excluding hydrogens is 390 g/mol. The predicted octanol–water partition coefficient (Wildman–Crippen LogP) is 3.94. The van der Waals surface area contributed by atoms with Gasteiger partial charge in [-0.2, -0.15) is 5.10 Å². The van der Waals surface area contributed by atoms with Crippen LogP contribution in [0.3, 0.4) is 0 Å². The van der Waals surface area contributed by atoms with E-state index in [1.165, 1.54) is 12.1 Å². The molecule has 2 aromatic rings. The third-order valence-electron chi connectivity index (χ3n) is 3.99. The molecule has 1 N–H and O–H groups in total. The van der Waals surface area contributed by atoms with E-state index in [0.717, 1.165) is 0 Å². The maximum Gasteiger partial charge on any atom is 0.271 e. The average Bonchev–Trinajstić information content (AvgIpc) is 2.74. The van der Waals surface area contributed by atoms with Crippen LogP contribution in [-0.2, 0) is 0 Å². The highest BCUT2D eigenvalue weighted by molar-refractivity contribution is 6.01. The van der Waals surface area contributed by atoms with Gasteiger partial charge in [0.1, 0.15) is 0 Å². The molecule has 0 aliphatic carbocycles. The molecule has 0 aliphatic heterocycles. The van der Waals surface area contributed by atoms with Gasteiger partial charge in [-0.15, -0.1) is 0 Å². The zero-order valence-electron chi connectivity index (χ0n) is 17.4. The van der Waals surface area contributed by atoms with Crippen LogP contribution in [0, 0.1) is 10.1 Å². The summed E-state index contributed by atoms with van der Waals surface area (Å²) >= 11 is 0. The van der Waals surface area contributed by atoms with Crippen molar-refractivity contribution in [3.8, 4) is 17.2 Å². The van der Waals surface area contributed by atoms with E-state index in [4.69, 9.17) is 14.2 Å². The molecule has 0 fully saturated rings. The average molecular weight is 415 g/mol. The minimum Gasteiger partial charge on any atom is -0.490 e. The van der Waals surface area contributed by atoms with Crippen LogP contribution in [-0.4, -0.2) is 36.4 Å². The molecule has 1 amide bonds. The number of benzene rings is 2. The molecule has 0 saturated heterocycles. The molecule has 0 heterocycles. The van der Waals surface area contributed by atoms with E-state index < -0.39 is 10.8 Å². The minimum atomic E-state index is -0.476. The summed E-state index contributed by atoms with van der Waals surface area (Å²) in [5.41, 5.74) is 3.92. The van der Waals surface area contributed by atoms with E-state index >= 15 is 0 Å². The van der Waals surface area contributed by atoms with Crippen LogP contribution in [0.25, 0.3) is 0 Å². The summed E-state index contributed by atoms with van der Waals surface area (Å²) in [6.45, 7) is 8.42. The molecule has 30 heavy (non-hydrogen) atoms. The number of hydrazone groups is 1. The summed E-state index contributed by atoms with van der Waals surface area (Å²) in [6.07, 6.45) is 0. The molecule has 0 spiro atoms. The number of nitro groups is 1. The summed E-state index contributed by atoms with van der Waals surface area (Å²) < 4.78 is 16.9. The number of hydrogen-bond donors (Lipinski definition) is 1. The fraction of sp³-hybridized carbons (Fsp3) is 0.333. The summed E-state index contributed by atoms with van der Waals surface area (Å²) in [4.78, 5) is 22.9. The largest absolute Gasteiger partial charge is 0.490 e. The molecule has 0 saturated carbocycles. The second kappa shape index (κ2) is 10.8. The Morgan fingerprint density at radius 3 is 1.97 bits per heavy atom. The van der Waals surface area contributed by atoms with E-state index in [-0.39, 0.29) is 5.69 Å². The first-order valence-corrected chi connectivity index (χ1v) is 9.57. The molecule has 2 rings (SSSR count). The molecule has 0 unspecified atom stereocenters. The Balaban J connectivity index is 2.26. The molecular formula is C21H25N3O6. The molecule has 160 valence electrons. The Hall–Kier alpha value is -3.62. The number of carbonyl (C=O) groups is 1. The second-order valence-corrected chi connectivity index (χ2v) is 6.04. The van der Waals surface area contributed by atoms with E-state index in [9.17, 15) is 14.9 Å². The molecule has 0 aliphatic rings. The number of non-ortho nitro benzene ring substituents is 1. The monoisotopic (exact) mass is 415 g/mol. The molecule has 0 radical (unpaired) electrons. The van der Waals surface area contributed by atoms with Gasteiger partial charge >= 0.3 is 0 Å². The number of ether oxygens (including phenoxy) is 3. The second-order valence-electron chi connectivity index (χ2n) is 6.04.